The van der Waals surface area contributed by atoms with Gasteiger partial charge in [0.15, 0.2) is 5.58 Å². The molecule has 5 nitrogen and oxygen atoms in total. The van der Waals surface area contributed by atoms with Crippen molar-refractivity contribution in [3.05, 3.63) is 100 Å². The van der Waals surface area contributed by atoms with Crippen molar-refractivity contribution in [1.29, 1.82) is 0 Å². The number of aryl methyl sites for hydroxylation is 2. The average molecular weight is 487 g/mol. The minimum absolute atomic E-state index is 0.738. The Balaban J connectivity index is 1.29. The highest BCUT2D eigenvalue weighted by Crippen LogP contribution is 2.27. The Labute approximate surface area is 217 Å². The van der Waals surface area contributed by atoms with Gasteiger partial charge in [-0.05, 0) is 74.7 Å². The minimum atomic E-state index is 0.738. The predicted octanol–water partition coefficient (Wildman–Crippen LogP) is 6.36. The number of piperidine rings is 1. The molecule has 184 valence electrons. The van der Waals surface area contributed by atoms with E-state index in [2.05, 4.69) is 76.0 Å². The van der Waals surface area contributed by atoms with Crippen LogP contribution in [0.1, 0.15) is 58.3 Å². The number of benzene rings is 3. The van der Waals surface area contributed by atoms with Crippen LogP contribution in [0.15, 0.2) is 65.6 Å². The lowest BCUT2D eigenvalue weighted by Crippen LogP contribution is -2.29. The van der Waals surface area contributed by atoms with E-state index in [1.54, 1.807) is 6.33 Å². The average Bonchev–Trinajstić information content (AvgIpc) is 3.30. The molecule has 5 heteroatoms. The fourth-order valence-electron chi connectivity index (χ4n) is 5.33. The second-order valence-electron chi connectivity index (χ2n) is 10.2. The maximum atomic E-state index is 5.89. The van der Waals surface area contributed by atoms with Gasteiger partial charge in [-0.2, -0.15) is 0 Å². The van der Waals surface area contributed by atoms with Gasteiger partial charge in [0.2, 0.25) is 0 Å². The van der Waals surface area contributed by atoms with Gasteiger partial charge in [0.1, 0.15) is 6.33 Å². The van der Waals surface area contributed by atoms with Crippen molar-refractivity contribution in [2.24, 2.45) is 0 Å². The largest absolute Gasteiger partial charge is 0.355 e. The van der Waals surface area contributed by atoms with Gasteiger partial charge in [0.05, 0.1) is 16.8 Å². The van der Waals surface area contributed by atoms with E-state index >= 15 is 0 Å². The molecule has 0 amide bonds. The van der Waals surface area contributed by atoms with Crippen LogP contribution < -0.4 is 0 Å². The fraction of sp³-hybridized carbons (Fsp3) is 0.281. The number of aromatic nitrogens is 3. The molecule has 6 rings (SSSR count). The molecule has 0 saturated carbocycles. The molecule has 5 aromatic rings. The summed E-state index contributed by atoms with van der Waals surface area (Å²) < 4.78 is 5.89. The summed E-state index contributed by atoms with van der Waals surface area (Å²) in [5.41, 5.74) is 9.41. The van der Waals surface area contributed by atoms with E-state index in [-0.39, 0.29) is 0 Å². The normalized spacial score (nSPS) is 14.1. The van der Waals surface area contributed by atoms with Crippen LogP contribution in [0.25, 0.3) is 21.9 Å². The molecule has 1 fully saturated rings. The second kappa shape index (κ2) is 10.2. The second-order valence-corrected chi connectivity index (χ2v) is 10.2. The van der Waals surface area contributed by atoms with Crippen LogP contribution in [-0.2, 0) is 13.0 Å². The van der Waals surface area contributed by atoms with Gasteiger partial charge in [-0.3, -0.25) is 4.90 Å². The van der Waals surface area contributed by atoms with Crippen LogP contribution in [0.4, 0.5) is 0 Å². The van der Waals surface area contributed by atoms with Gasteiger partial charge in [-0.15, -0.1) is 0 Å². The molecule has 0 radical (unpaired) electrons. The number of hydrogen-bond donors (Lipinski definition) is 0. The molecule has 0 aliphatic carbocycles. The third-order valence-electron chi connectivity index (χ3n) is 7.19. The molecule has 0 spiro atoms. The van der Waals surface area contributed by atoms with E-state index in [4.69, 9.17) is 4.52 Å². The first-order valence-electron chi connectivity index (χ1n) is 13.0. The van der Waals surface area contributed by atoms with Crippen molar-refractivity contribution in [3.63, 3.8) is 0 Å². The van der Waals surface area contributed by atoms with Crippen molar-refractivity contribution in [1.82, 2.24) is 20.0 Å². The Bertz CT molecular complexity index is 1650. The van der Waals surface area contributed by atoms with E-state index in [1.807, 2.05) is 24.4 Å². The Hall–Kier alpha value is -4.01. The molecule has 1 aliphatic heterocycles. The van der Waals surface area contributed by atoms with Crippen LogP contribution in [0, 0.1) is 25.7 Å². The van der Waals surface area contributed by atoms with Crippen molar-refractivity contribution in [2.45, 2.75) is 46.1 Å². The summed E-state index contributed by atoms with van der Waals surface area (Å²) in [5.74, 6) is 6.64. The molecule has 2 aromatic heterocycles. The summed E-state index contributed by atoms with van der Waals surface area (Å²) >= 11 is 0. The van der Waals surface area contributed by atoms with Crippen LogP contribution in [0.2, 0.25) is 0 Å². The summed E-state index contributed by atoms with van der Waals surface area (Å²) in [6, 6.07) is 17.1. The minimum Gasteiger partial charge on any atom is -0.355 e. The van der Waals surface area contributed by atoms with E-state index in [0.29, 0.717) is 0 Å². The third kappa shape index (κ3) is 5.12. The molecular weight excluding hydrogens is 456 g/mol. The summed E-state index contributed by atoms with van der Waals surface area (Å²) in [5, 5.41) is 6.52. The zero-order valence-electron chi connectivity index (χ0n) is 21.4. The van der Waals surface area contributed by atoms with Gasteiger partial charge in [-0.1, -0.05) is 59.3 Å². The first kappa shape index (κ1) is 23.4. The maximum Gasteiger partial charge on any atom is 0.183 e. The number of fused-ring (bicyclic) bond motifs is 2. The first-order chi connectivity index (χ1) is 18.1. The number of hydrogen-bond acceptors (Lipinski definition) is 5. The molecule has 0 atom stereocenters. The lowest BCUT2D eigenvalue weighted by Gasteiger charge is -2.26. The van der Waals surface area contributed by atoms with Gasteiger partial charge >= 0.3 is 0 Å². The van der Waals surface area contributed by atoms with Crippen LogP contribution in [-0.4, -0.2) is 33.1 Å². The maximum absolute atomic E-state index is 5.89. The Morgan fingerprint density at radius 1 is 0.919 bits per heavy atom. The molecule has 1 saturated heterocycles. The van der Waals surface area contributed by atoms with Crippen molar-refractivity contribution >= 4 is 21.9 Å². The predicted molar refractivity (Wildman–Crippen MR) is 147 cm³/mol. The zero-order chi connectivity index (χ0) is 25.2. The molecule has 1 aliphatic rings. The molecule has 0 unspecified atom stereocenters. The number of nitrogens with zero attached hydrogens (tertiary/aromatic N) is 4. The highest BCUT2D eigenvalue weighted by molar-refractivity contribution is 5.87. The fourth-order valence-corrected chi connectivity index (χ4v) is 5.33. The van der Waals surface area contributed by atoms with Crippen LogP contribution in [0.5, 0.6) is 0 Å². The first-order valence-corrected chi connectivity index (χ1v) is 13.0. The smallest absolute Gasteiger partial charge is 0.183 e. The Kier molecular flexibility index (Phi) is 6.42. The number of rotatable bonds is 4. The highest BCUT2D eigenvalue weighted by atomic mass is 16.5. The quantitative estimate of drug-likeness (QED) is 0.277. The van der Waals surface area contributed by atoms with Crippen LogP contribution in [0.3, 0.4) is 0 Å². The SMILES string of the molecule is Cc1cc(Cc2noc3c(C#Cc4ccc5cncnc5c4)c(C)ccc23)cc(CN2CCCCC2)c1. The Morgan fingerprint density at radius 3 is 2.68 bits per heavy atom. The molecule has 3 heterocycles. The molecular formula is C32H30N4O. The monoisotopic (exact) mass is 486 g/mol. The summed E-state index contributed by atoms with van der Waals surface area (Å²) in [6.07, 6.45) is 8.09. The lowest BCUT2D eigenvalue weighted by atomic mass is 9.99. The van der Waals surface area contributed by atoms with Crippen molar-refractivity contribution in [2.75, 3.05) is 13.1 Å². The molecule has 0 N–H and O–H groups in total. The zero-order valence-corrected chi connectivity index (χ0v) is 21.4. The number of likely N-dealkylation sites (tertiary alicyclic amines) is 1. The van der Waals surface area contributed by atoms with Crippen LogP contribution >= 0.6 is 0 Å². The third-order valence-corrected chi connectivity index (χ3v) is 7.19. The van der Waals surface area contributed by atoms with Gasteiger partial charge < -0.3 is 4.52 Å². The summed E-state index contributed by atoms with van der Waals surface area (Å²) in [4.78, 5) is 11.0. The van der Waals surface area contributed by atoms with Crippen molar-refractivity contribution < 1.29 is 4.52 Å². The van der Waals surface area contributed by atoms with E-state index < -0.39 is 0 Å². The Morgan fingerprint density at radius 2 is 1.78 bits per heavy atom. The standard InChI is InChI=1S/C32H30N4O/c1-22-14-25(16-26(15-22)20-36-12-4-3-5-13-36)18-31-29-10-6-23(2)28(32(29)37-35-31)11-8-24-7-9-27-19-33-21-34-30(27)17-24/h6-7,9-10,14-17,19,21H,3-5,12-13,18,20H2,1-2H3. The molecule has 3 aromatic carbocycles. The molecule has 37 heavy (non-hydrogen) atoms. The lowest BCUT2D eigenvalue weighted by molar-refractivity contribution is 0.221. The summed E-state index contributed by atoms with van der Waals surface area (Å²) in [7, 11) is 0. The van der Waals surface area contributed by atoms with E-state index in [9.17, 15) is 0 Å². The molecule has 0 bridgehead atoms. The highest BCUT2D eigenvalue weighted by Gasteiger charge is 2.15. The van der Waals surface area contributed by atoms with Gasteiger partial charge in [-0.25, -0.2) is 9.97 Å². The van der Waals surface area contributed by atoms with E-state index in [0.717, 1.165) is 57.2 Å². The van der Waals surface area contributed by atoms with Crippen molar-refractivity contribution in [3.8, 4) is 11.8 Å². The summed E-state index contributed by atoms with van der Waals surface area (Å²) in [6.45, 7) is 7.67. The van der Waals surface area contributed by atoms with Gasteiger partial charge in [0, 0.05) is 35.5 Å². The van der Waals surface area contributed by atoms with Gasteiger partial charge in [0.25, 0.3) is 0 Å². The van der Waals surface area contributed by atoms with E-state index in [1.165, 1.54) is 49.0 Å². The topological polar surface area (TPSA) is 55.1 Å².